The van der Waals surface area contributed by atoms with Crippen LogP contribution in [-0.4, -0.2) is 36.2 Å². The molecule has 0 radical (unpaired) electrons. The number of hydrogen-bond donors (Lipinski definition) is 3. The van der Waals surface area contributed by atoms with Gasteiger partial charge in [0.15, 0.2) is 0 Å². The first-order chi connectivity index (χ1) is 16.8. The molecule has 1 atom stereocenters. The molecular weight excluding hydrogens is 523 g/mol. The second-order valence-corrected chi connectivity index (χ2v) is 8.00. The summed E-state index contributed by atoms with van der Waals surface area (Å²) in [7, 11) is 0. The molecule has 3 aromatic rings. The largest absolute Gasteiger partial charge is 0.447 e. The first-order valence-electron chi connectivity index (χ1n) is 10.5. The third-order valence-corrected chi connectivity index (χ3v) is 5.24. The van der Waals surface area contributed by atoms with Crippen molar-refractivity contribution in [3.63, 3.8) is 0 Å². The Hall–Kier alpha value is -3.99. The van der Waals surface area contributed by atoms with Crippen LogP contribution in [0.2, 0.25) is 0 Å². The van der Waals surface area contributed by atoms with E-state index in [4.69, 9.17) is 9.47 Å². The number of nitrogens with one attached hydrogen (secondary N) is 3. The van der Waals surface area contributed by atoms with Crippen LogP contribution in [0.1, 0.15) is 29.1 Å². The van der Waals surface area contributed by atoms with E-state index in [0.717, 1.165) is 0 Å². The molecule has 3 N–H and O–H groups in total. The van der Waals surface area contributed by atoms with Gasteiger partial charge >= 0.3 is 12.2 Å². The number of anilines is 2. The van der Waals surface area contributed by atoms with Gasteiger partial charge in [0, 0.05) is 16.4 Å². The topological polar surface area (TPSA) is 119 Å². The minimum absolute atomic E-state index is 0.0323. The maximum Gasteiger partial charge on any atom is 0.411 e. The summed E-state index contributed by atoms with van der Waals surface area (Å²) < 4.78 is 23.8. The van der Waals surface area contributed by atoms with Gasteiger partial charge in [-0.25, -0.2) is 14.0 Å². The van der Waals surface area contributed by atoms with E-state index in [9.17, 15) is 18.8 Å². The zero-order valence-electron chi connectivity index (χ0n) is 18.6. The van der Waals surface area contributed by atoms with E-state index < -0.39 is 24.1 Å². The molecule has 0 aliphatic carbocycles. The fourth-order valence-electron chi connectivity index (χ4n) is 2.82. The molecule has 0 bridgehead atoms. The molecule has 35 heavy (non-hydrogen) atoms. The van der Waals surface area contributed by atoms with Gasteiger partial charge in [0.1, 0.15) is 24.2 Å². The fraction of sp³-hybridized carbons (Fsp3) is 0.167. The van der Waals surface area contributed by atoms with Crippen molar-refractivity contribution in [2.75, 3.05) is 23.8 Å². The van der Waals surface area contributed by atoms with E-state index in [-0.39, 0.29) is 24.8 Å². The van der Waals surface area contributed by atoms with Gasteiger partial charge in [-0.15, -0.1) is 0 Å². The maximum absolute atomic E-state index is 12.9. The van der Waals surface area contributed by atoms with E-state index in [1.807, 2.05) is 0 Å². The van der Waals surface area contributed by atoms with Crippen LogP contribution in [0.15, 0.2) is 71.3 Å². The predicted octanol–water partition coefficient (Wildman–Crippen LogP) is 5.27. The number of amides is 3. The Morgan fingerprint density at radius 3 is 2.49 bits per heavy atom. The lowest BCUT2D eigenvalue weighted by Gasteiger charge is -2.16. The van der Waals surface area contributed by atoms with Crippen LogP contribution in [0.4, 0.5) is 25.4 Å². The summed E-state index contributed by atoms with van der Waals surface area (Å²) >= 11 is 3.41. The molecule has 0 saturated carbocycles. The smallest absolute Gasteiger partial charge is 0.411 e. The summed E-state index contributed by atoms with van der Waals surface area (Å²) in [5.74, 6) is -0.771. The molecule has 2 aromatic carbocycles. The third kappa shape index (κ3) is 8.07. The molecule has 0 aliphatic rings. The number of carbonyl (C=O) groups is 3. The molecule has 1 heterocycles. The molecule has 11 heteroatoms. The molecule has 0 spiro atoms. The molecule has 3 rings (SSSR count). The van der Waals surface area contributed by atoms with Gasteiger partial charge < -0.3 is 20.1 Å². The Morgan fingerprint density at radius 1 is 1.03 bits per heavy atom. The molecule has 1 unspecified atom stereocenters. The first kappa shape index (κ1) is 25.6. The van der Waals surface area contributed by atoms with E-state index >= 15 is 0 Å². The van der Waals surface area contributed by atoms with E-state index in [2.05, 4.69) is 36.9 Å². The summed E-state index contributed by atoms with van der Waals surface area (Å²) in [4.78, 5) is 40.0. The average Bonchev–Trinajstić information content (AvgIpc) is 2.85. The second kappa shape index (κ2) is 12.5. The van der Waals surface area contributed by atoms with Crippen molar-refractivity contribution in [3.05, 3.63) is 88.4 Å². The number of carbonyl (C=O) groups excluding carboxylic acids is 3. The molecule has 0 saturated heterocycles. The lowest BCUT2D eigenvalue weighted by Crippen LogP contribution is -2.30. The highest BCUT2D eigenvalue weighted by molar-refractivity contribution is 9.10. The van der Waals surface area contributed by atoms with Gasteiger partial charge in [0.25, 0.3) is 5.91 Å². The van der Waals surface area contributed by atoms with Crippen LogP contribution >= 0.6 is 15.9 Å². The number of alkyl carbamates (subject to hydrolysis) is 1. The van der Waals surface area contributed by atoms with Crippen molar-refractivity contribution in [3.8, 4) is 0 Å². The van der Waals surface area contributed by atoms with Crippen LogP contribution < -0.4 is 16.0 Å². The highest BCUT2D eigenvalue weighted by atomic mass is 79.9. The van der Waals surface area contributed by atoms with E-state index in [1.165, 1.54) is 30.5 Å². The molecule has 1 aromatic heterocycles. The summed E-state index contributed by atoms with van der Waals surface area (Å²) in [5, 5.41) is 7.69. The van der Waals surface area contributed by atoms with Gasteiger partial charge in [-0.05, 0) is 76.9 Å². The Labute approximate surface area is 209 Å². The van der Waals surface area contributed by atoms with Crippen molar-refractivity contribution in [1.82, 2.24) is 10.3 Å². The Balaban J connectivity index is 1.41. The summed E-state index contributed by atoms with van der Waals surface area (Å²) in [5.41, 5.74) is 1.90. The number of halogens is 2. The Morgan fingerprint density at radius 2 is 1.80 bits per heavy atom. The van der Waals surface area contributed by atoms with Crippen molar-refractivity contribution in [2.24, 2.45) is 0 Å². The highest BCUT2D eigenvalue weighted by Gasteiger charge is 2.15. The quantitative estimate of drug-likeness (QED) is 0.332. The number of rotatable bonds is 8. The first-order valence-corrected chi connectivity index (χ1v) is 11.3. The number of nitrogens with zero attached hydrogens (tertiary/aromatic N) is 1. The summed E-state index contributed by atoms with van der Waals surface area (Å²) in [6.45, 7) is 1.64. The molecular formula is C24H22BrFN4O5. The van der Waals surface area contributed by atoms with Crippen LogP contribution in [0.25, 0.3) is 0 Å². The van der Waals surface area contributed by atoms with Gasteiger partial charge in [-0.2, -0.15) is 0 Å². The van der Waals surface area contributed by atoms with Crippen LogP contribution in [-0.2, 0) is 9.47 Å². The van der Waals surface area contributed by atoms with Crippen LogP contribution in [0.5, 0.6) is 0 Å². The fourth-order valence-corrected chi connectivity index (χ4v) is 3.32. The number of ether oxygens (including phenoxy) is 2. The summed E-state index contributed by atoms with van der Waals surface area (Å²) in [6.07, 6.45) is -0.482. The Bertz CT molecular complexity index is 1180. The van der Waals surface area contributed by atoms with Crippen molar-refractivity contribution in [1.29, 1.82) is 0 Å². The number of aromatic nitrogens is 1. The lowest BCUT2D eigenvalue weighted by molar-refractivity contribution is 0.102. The number of benzene rings is 2. The minimum Gasteiger partial charge on any atom is -0.447 e. The maximum atomic E-state index is 12.9. The van der Waals surface area contributed by atoms with E-state index in [0.29, 0.717) is 21.4 Å². The zero-order chi connectivity index (χ0) is 25.2. The van der Waals surface area contributed by atoms with Gasteiger partial charge in [-0.3, -0.25) is 15.1 Å². The monoisotopic (exact) mass is 544 g/mol. The zero-order valence-corrected chi connectivity index (χ0v) is 20.2. The highest BCUT2D eigenvalue weighted by Crippen LogP contribution is 2.28. The summed E-state index contributed by atoms with van der Waals surface area (Å²) in [6, 6.07) is 15.4. The van der Waals surface area contributed by atoms with Gasteiger partial charge in [0.2, 0.25) is 0 Å². The SMILES string of the molecule is CC(OC(=O)NCCOC(=O)Nc1ccc(F)cc1)c1ccc(NC(=O)c2ccccn2)c(Br)c1. The van der Waals surface area contributed by atoms with Crippen molar-refractivity contribution < 1.29 is 28.2 Å². The average molecular weight is 545 g/mol. The van der Waals surface area contributed by atoms with Gasteiger partial charge in [0.05, 0.1) is 12.2 Å². The molecule has 3 amide bonds. The lowest BCUT2D eigenvalue weighted by atomic mass is 10.1. The van der Waals surface area contributed by atoms with E-state index in [1.54, 1.807) is 43.3 Å². The Kier molecular flexibility index (Phi) is 9.13. The number of hydrogen-bond acceptors (Lipinski definition) is 6. The molecule has 182 valence electrons. The normalized spacial score (nSPS) is 11.2. The van der Waals surface area contributed by atoms with Gasteiger partial charge in [-0.1, -0.05) is 12.1 Å². The second-order valence-electron chi connectivity index (χ2n) is 7.15. The van der Waals surface area contributed by atoms with Crippen LogP contribution in [0, 0.1) is 5.82 Å². The van der Waals surface area contributed by atoms with Crippen molar-refractivity contribution in [2.45, 2.75) is 13.0 Å². The number of pyridine rings is 1. The minimum atomic E-state index is -0.736. The predicted molar refractivity (Wildman–Crippen MR) is 131 cm³/mol. The van der Waals surface area contributed by atoms with Crippen LogP contribution in [0.3, 0.4) is 0 Å². The molecule has 0 aliphatic heterocycles. The third-order valence-electron chi connectivity index (χ3n) is 4.59. The molecule has 9 nitrogen and oxygen atoms in total. The standard InChI is InChI=1S/C24H22BrFN4O5/c1-15(16-5-10-20(19(25)14-16)30-22(31)21-4-2-3-11-27-21)35-23(32)28-12-13-34-24(33)29-18-8-6-17(26)7-9-18/h2-11,14-15H,12-13H2,1H3,(H,28,32)(H,29,33)(H,30,31). The molecule has 0 fully saturated rings. The van der Waals surface area contributed by atoms with Crippen molar-refractivity contribution >= 4 is 45.4 Å².